The van der Waals surface area contributed by atoms with Gasteiger partial charge in [0, 0.05) is 27.8 Å². The van der Waals surface area contributed by atoms with Crippen LogP contribution in [0.3, 0.4) is 0 Å². The molecule has 0 aliphatic rings. The zero-order valence-corrected chi connectivity index (χ0v) is 25.0. The van der Waals surface area contributed by atoms with Crippen molar-refractivity contribution < 1.29 is 0 Å². The quantitative estimate of drug-likeness (QED) is 0.197. The van der Waals surface area contributed by atoms with Gasteiger partial charge in [-0.25, -0.2) is 0 Å². The van der Waals surface area contributed by atoms with E-state index in [-0.39, 0.29) is 0 Å². The van der Waals surface area contributed by atoms with Crippen LogP contribution in [0.5, 0.6) is 0 Å². The van der Waals surface area contributed by atoms with Crippen LogP contribution in [0.4, 0.5) is 17.1 Å². The maximum Gasteiger partial charge on any atom is 0.101 e. The number of rotatable bonds is 5. The normalized spacial score (nSPS) is 10.5. The van der Waals surface area contributed by atoms with Crippen LogP contribution < -0.4 is 4.90 Å². The molecule has 5 heteroatoms. The van der Waals surface area contributed by atoms with Crippen molar-refractivity contribution in [2.75, 3.05) is 4.90 Å². The summed E-state index contributed by atoms with van der Waals surface area (Å²) in [5.41, 5.74) is 8.46. The Balaban J connectivity index is 1.33. The molecular weight excluding hydrogens is 574 g/mol. The highest BCUT2D eigenvalue weighted by atomic mass is 15.1. The first-order valence-corrected chi connectivity index (χ1v) is 14.9. The summed E-state index contributed by atoms with van der Waals surface area (Å²) in [4.78, 5) is 2.06. The van der Waals surface area contributed by atoms with E-state index in [1.807, 2.05) is 103 Å². The number of fused-ring (bicyclic) bond motifs is 2. The number of nitrogens with zero attached hydrogens (tertiary/aromatic N) is 5. The summed E-state index contributed by atoms with van der Waals surface area (Å²) in [5, 5.41) is 42.5. The summed E-state index contributed by atoms with van der Waals surface area (Å²) in [6.45, 7) is 0. The van der Waals surface area contributed by atoms with E-state index in [9.17, 15) is 21.0 Å². The lowest BCUT2D eigenvalue weighted by molar-refractivity contribution is 1.27. The molecule has 0 heterocycles. The number of benzene rings is 7. The first kappa shape index (κ1) is 28.6. The van der Waals surface area contributed by atoms with Crippen molar-refractivity contribution in [1.82, 2.24) is 0 Å². The Kier molecular flexibility index (Phi) is 7.34. The van der Waals surface area contributed by atoms with Crippen LogP contribution in [0.15, 0.2) is 140 Å². The molecule has 0 saturated carbocycles. The maximum absolute atomic E-state index is 9.81. The number of nitriles is 4. The molecule has 0 aliphatic carbocycles. The van der Waals surface area contributed by atoms with Crippen molar-refractivity contribution in [2.24, 2.45) is 0 Å². The number of hydrogen-bond acceptors (Lipinski definition) is 5. The zero-order valence-electron chi connectivity index (χ0n) is 25.0. The first-order chi connectivity index (χ1) is 23.1. The Morgan fingerprint density at radius 2 is 0.723 bits per heavy atom. The lowest BCUT2D eigenvalue weighted by atomic mass is 9.95. The Morgan fingerprint density at radius 1 is 0.340 bits per heavy atom. The fourth-order valence-electron chi connectivity index (χ4n) is 6.19. The molecular formula is C42H23N5. The number of anilines is 3. The molecule has 0 amide bonds. The third-order valence-electron chi connectivity index (χ3n) is 8.46. The van der Waals surface area contributed by atoms with Crippen molar-refractivity contribution >= 4 is 38.6 Å². The van der Waals surface area contributed by atoms with E-state index in [1.54, 1.807) is 12.1 Å². The van der Waals surface area contributed by atoms with E-state index in [1.165, 1.54) is 0 Å². The predicted molar refractivity (Wildman–Crippen MR) is 186 cm³/mol. The molecule has 47 heavy (non-hydrogen) atoms. The fraction of sp³-hybridized carbons (Fsp3) is 0. The van der Waals surface area contributed by atoms with Crippen molar-refractivity contribution in [3.63, 3.8) is 0 Å². The molecule has 7 aromatic rings. The van der Waals surface area contributed by atoms with Crippen LogP contribution in [-0.2, 0) is 0 Å². The van der Waals surface area contributed by atoms with Crippen molar-refractivity contribution in [1.29, 1.82) is 21.0 Å². The van der Waals surface area contributed by atoms with Crippen LogP contribution in [-0.4, -0.2) is 0 Å². The second-order valence-corrected chi connectivity index (χ2v) is 11.0. The molecule has 216 valence electrons. The van der Waals surface area contributed by atoms with Crippen LogP contribution in [0.25, 0.3) is 43.8 Å². The molecule has 0 atom stereocenters. The van der Waals surface area contributed by atoms with Gasteiger partial charge in [-0.15, -0.1) is 0 Å². The van der Waals surface area contributed by atoms with Crippen LogP contribution in [0.2, 0.25) is 0 Å². The van der Waals surface area contributed by atoms with E-state index in [0.29, 0.717) is 22.3 Å². The lowest BCUT2D eigenvalue weighted by Gasteiger charge is -2.26. The van der Waals surface area contributed by atoms with Crippen molar-refractivity contribution in [2.45, 2.75) is 0 Å². The van der Waals surface area contributed by atoms with Gasteiger partial charge in [0.25, 0.3) is 0 Å². The summed E-state index contributed by atoms with van der Waals surface area (Å²) >= 11 is 0. The van der Waals surface area contributed by atoms with Crippen LogP contribution in [0.1, 0.15) is 22.3 Å². The predicted octanol–water partition coefficient (Wildman–Crippen LogP) is 10.3. The molecule has 0 aromatic heterocycles. The summed E-state index contributed by atoms with van der Waals surface area (Å²) < 4.78 is 0. The summed E-state index contributed by atoms with van der Waals surface area (Å²) in [5.74, 6) is 0. The van der Waals surface area contributed by atoms with Gasteiger partial charge < -0.3 is 4.90 Å². The van der Waals surface area contributed by atoms with E-state index in [0.717, 1.165) is 60.9 Å². The monoisotopic (exact) mass is 597 g/mol. The second-order valence-electron chi connectivity index (χ2n) is 11.0. The SMILES string of the molecule is N#Cc1ccc(N(c2ccc(-c3ccc(C#N)c4ccccc34)cc2)c2ccc(-c3ccc(C#N)c4ccccc34)cc2)cc1C#N. The summed E-state index contributed by atoms with van der Waals surface area (Å²) in [6, 6.07) is 54.0. The largest absolute Gasteiger partial charge is 0.310 e. The van der Waals surface area contributed by atoms with Gasteiger partial charge in [-0.3, -0.25) is 0 Å². The molecule has 0 unspecified atom stereocenters. The van der Waals surface area contributed by atoms with Gasteiger partial charge in [0.05, 0.1) is 34.4 Å². The van der Waals surface area contributed by atoms with Gasteiger partial charge in [0.2, 0.25) is 0 Å². The Morgan fingerprint density at radius 3 is 1.15 bits per heavy atom. The maximum atomic E-state index is 9.81. The standard InChI is InChI=1S/C42H23N5/c43-24-30-13-20-36(23-33(30)27-46)47(34-16-9-28(10-17-34)39-21-14-31(25-44)37-5-1-3-7-41(37)39)35-18-11-29(12-19-35)40-22-15-32(26-45)38-6-2-4-8-42(38)40/h1-23H. The van der Waals surface area contributed by atoms with Gasteiger partial charge in [-0.2, -0.15) is 21.0 Å². The number of hydrogen-bond donors (Lipinski definition) is 0. The van der Waals surface area contributed by atoms with Gasteiger partial charge >= 0.3 is 0 Å². The van der Waals surface area contributed by atoms with Crippen molar-refractivity contribution in [3.8, 4) is 46.5 Å². The molecule has 7 aromatic carbocycles. The average molecular weight is 598 g/mol. The molecule has 7 rings (SSSR count). The Bertz CT molecular complexity index is 2360. The Labute approximate surface area is 272 Å². The highest BCUT2D eigenvalue weighted by molar-refractivity contribution is 6.01. The second kappa shape index (κ2) is 12.1. The minimum Gasteiger partial charge on any atom is -0.310 e. The van der Waals surface area contributed by atoms with Crippen LogP contribution in [0, 0.1) is 45.3 Å². The molecule has 0 saturated heterocycles. The van der Waals surface area contributed by atoms with Crippen LogP contribution >= 0.6 is 0 Å². The van der Waals surface area contributed by atoms with Gasteiger partial charge in [-0.05, 0) is 87.6 Å². The smallest absolute Gasteiger partial charge is 0.101 e. The van der Waals surface area contributed by atoms with E-state index >= 15 is 0 Å². The molecule has 0 bridgehead atoms. The van der Waals surface area contributed by atoms with Gasteiger partial charge in [-0.1, -0.05) is 84.9 Å². The highest BCUT2D eigenvalue weighted by Gasteiger charge is 2.17. The summed E-state index contributed by atoms with van der Waals surface area (Å²) in [6.07, 6.45) is 0. The summed E-state index contributed by atoms with van der Waals surface area (Å²) in [7, 11) is 0. The Hall–Kier alpha value is -7.18. The minimum absolute atomic E-state index is 0.302. The lowest BCUT2D eigenvalue weighted by Crippen LogP contribution is -2.10. The fourth-order valence-corrected chi connectivity index (χ4v) is 6.19. The first-order valence-electron chi connectivity index (χ1n) is 14.9. The zero-order chi connectivity index (χ0) is 32.3. The third kappa shape index (κ3) is 5.08. The third-order valence-corrected chi connectivity index (χ3v) is 8.46. The molecule has 0 radical (unpaired) electrons. The highest BCUT2D eigenvalue weighted by Crippen LogP contribution is 2.39. The molecule has 0 fully saturated rings. The van der Waals surface area contributed by atoms with Crippen molar-refractivity contribution in [3.05, 3.63) is 162 Å². The van der Waals surface area contributed by atoms with E-state index < -0.39 is 0 Å². The minimum atomic E-state index is 0.302. The van der Waals surface area contributed by atoms with Gasteiger partial charge in [0.1, 0.15) is 12.1 Å². The van der Waals surface area contributed by atoms with E-state index in [4.69, 9.17) is 0 Å². The topological polar surface area (TPSA) is 98.4 Å². The molecule has 0 aliphatic heterocycles. The van der Waals surface area contributed by atoms with E-state index in [2.05, 4.69) is 53.4 Å². The molecule has 0 N–H and O–H groups in total. The molecule has 0 spiro atoms. The van der Waals surface area contributed by atoms with Gasteiger partial charge in [0.15, 0.2) is 0 Å². The average Bonchev–Trinajstić information content (AvgIpc) is 3.14. The molecule has 5 nitrogen and oxygen atoms in total.